The molecule has 0 aromatic heterocycles. The number of allylic oxidation sites excluding steroid dienone is 1. The quantitative estimate of drug-likeness (QED) is 0.397. The number of methoxy groups -OCH3 is 2. The maximum atomic E-state index is 13.6. The zero-order valence-electron chi connectivity index (χ0n) is 24.8. The molecule has 0 unspecified atom stereocenters. The molecule has 3 aliphatic rings. The Labute approximate surface area is 245 Å². The molecule has 1 aromatic carbocycles. The highest BCUT2D eigenvalue weighted by Gasteiger charge is 2.43. The van der Waals surface area contributed by atoms with Crippen LogP contribution in [0.3, 0.4) is 0 Å². The number of likely N-dealkylation sites (tertiary alicyclic amines) is 1. The van der Waals surface area contributed by atoms with Crippen molar-refractivity contribution in [1.29, 1.82) is 0 Å². The molecule has 41 heavy (non-hydrogen) atoms. The number of piperidine rings is 1. The molecule has 0 bridgehead atoms. The largest absolute Gasteiger partial charge is 0.493 e. The normalized spacial score (nSPS) is 20.7. The maximum Gasteiger partial charge on any atom is 0.338 e. The van der Waals surface area contributed by atoms with Crippen molar-refractivity contribution in [3.63, 3.8) is 0 Å². The van der Waals surface area contributed by atoms with Gasteiger partial charge in [-0.1, -0.05) is 17.8 Å². The number of amidine groups is 1. The molecule has 0 saturated carbocycles. The Balaban J connectivity index is 1.67. The Morgan fingerprint density at radius 1 is 1.12 bits per heavy atom. The number of nitrogens with zero attached hydrogens (tertiary/aromatic N) is 3. The number of amides is 1. The molecule has 222 valence electrons. The summed E-state index contributed by atoms with van der Waals surface area (Å²) in [6.45, 7) is 10.3. The number of rotatable bonds is 8. The van der Waals surface area contributed by atoms with E-state index in [0.717, 1.165) is 12.0 Å². The molecule has 0 aliphatic carbocycles. The second-order valence-electron chi connectivity index (χ2n) is 11.1. The van der Waals surface area contributed by atoms with Gasteiger partial charge in [0.1, 0.15) is 5.60 Å². The van der Waals surface area contributed by atoms with Crippen molar-refractivity contribution < 1.29 is 33.3 Å². The maximum absolute atomic E-state index is 13.6. The van der Waals surface area contributed by atoms with Crippen LogP contribution in [0.25, 0.3) is 0 Å². The highest BCUT2D eigenvalue weighted by atomic mass is 32.2. The first-order valence-electron chi connectivity index (χ1n) is 13.8. The second-order valence-corrected chi connectivity index (χ2v) is 12.0. The Morgan fingerprint density at radius 2 is 1.85 bits per heavy atom. The fourth-order valence-electron chi connectivity index (χ4n) is 5.23. The van der Waals surface area contributed by atoms with Gasteiger partial charge in [0.2, 0.25) is 5.91 Å². The van der Waals surface area contributed by atoms with Crippen LogP contribution in [0.2, 0.25) is 0 Å². The molecule has 0 spiro atoms. The van der Waals surface area contributed by atoms with Crippen molar-refractivity contribution >= 4 is 34.8 Å². The minimum atomic E-state index is -0.714. The van der Waals surface area contributed by atoms with Gasteiger partial charge in [0.15, 0.2) is 16.7 Å². The minimum absolute atomic E-state index is 0.0893. The first-order valence-corrected chi connectivity index (χ1v) is 14.7. The van der Waals surface area contributed by atoms with E-state index in [1.54, 1.807) is 39.0 Å². The van der Waals surface area contributed by atoms with Crippen molar-refractivity contribution in [2.75, 3.05) is 33.9 Å². The van der Waals surface area contributed by atoms with Gasteiger partial charge in [-0.2, -0.15) is 0 Å². The van der Waals surface area contributed by atoms with Gasteiger partial charge < -0.3 is 28.7 Å². The van der Waals surface area contributed by atoms with E-state index in [1.807, 2.05) is 43.2 Å². The second kappa shape index (κ2) is 12.6. The summed E-state index contributed by atoms with van der Waals surface area (Å²) >= 11 is 1.41. The van der Waals surface area contributed by atoms with E-state index < -0.39 is 17.6 Å². The summed E-state index contributed by atoms with van der Waals surface area (Å²) in [4.78, 5) is 48.0. The van der Waals surface area contributed by atoms with Crippen LogP contribution in [-0.2, 0) is 23.9 Å². The van der Waals surface area contributed by atoms with Crippen molar-refractivity contribution in [1.82, 2.24) is 9.80 Å². The monoisotopic (exact) mass is 585 g/mol. The number of carbonyl (C=O) groups is 3. The summed E-state index contributed by atoms with van der Waals surface area (Å²) in [6, 6.07) is 4.90. The number of esters is 2. The molecule has 0 radical (unpaired) electrons. The minimum Gasteiger partial charge on any atom is -0.493 e. The number of thioether (sulfide) groups is 1. The fourth-order valence-corrected chi connectivity index (χ4v) is 6.19. The van der Waals surface area contributed by atoms with Crippen LogP contribution in [-0.4, -0.2) is 72.3 Å². The van der Waals surface area contributed by atoms with Crippen molar-refractivity contribution in [3.8, 4) is 11.5 Å². The zero-order chi connectivity index (χ0) is 29.9. The third-order valence-corrected chi connectivity index (χ3v) is 7.96. The third kappa shape index (κ3) is 6.72. The van der Waals surface area contributed by atoms with E-state index in [-0.39, 0.29) is 24.2 Å². The number of hydrogen-bond acceptors (Lipinski definition) is 10. The molecule has 1 amide bonds. The highest BCUT2D eigenvalue weighted by molar-refractivity contribution is 8.16. The van der Waals surface area contributed by atoms with Crippen LogP contribution in [0.15, 0.2) is 45.6 Å². The topological polar surface area (TPSA) is 107 Å². The summed E-state index contributed by atoms with van der Waals surface area (Å²) in [7, 11) is 3.12. The van der Waals surface area contributed by atoms with Gasteiger partial charge in [0.25, 0.3) is 0 Å². The SMILES string of the molecule is CCOC(=O)[C@@H]1CCCN(C(=O)CC2=CSC3=NC(C)=C(C(=O)OC(C)(C)C)[C@@H](c4ccc(OC)c(OC)c4)N23)C1. The average molecular weight is 586 g/mol. The number of carbonyl (C=O) groups excluding carboxylic acids is 3. The van der Waals surface area contributed by atoms with Gasteiger partial charge in [-0.25, -0.2) is 9.79 Å². The molecule has 1 fully saturated rings. The number of ether oxygens (including phenoxy) is 4. The number of fused-ring (bicyclic) bond motifs is 1. The zero-order valence-corrected chi connectivity index (χ0v) is 25.6. The summed E-state index contributed by atoms with van der Waals surface area (Å²) in [5, 5.41) is 2.57. The van der Waals surface area contributed by atoms with E-state index in [4.69, 9.17) is 23.9 Å². The van der Waals surface area contributed by atoms with E-state index in [2.05, 4.69) is 0 Å². The van der Waals surface area contributed by atoms with Crippen LogP contribution >= 0.6 is 11.8 Å². The van der Waals surface area contributed by atoms with Gasteiger partial charge in [-0.05, 0) is 70.6 Å². The smallest absolute Gasteiger partial charge is 0.338 e. The number of hydrogen-bond donors (Lipinski definition) is 0. The first kappa shape index (κ1) is 30.5. The van der Waals surface area contributed by atoms with Gasteiger partial charge >= 0.3 is 11.9 Å². The van der Waals surface area contributed by atoms with E-state index in [1.165, 1.54) is 11.8 Å². The molecule has 4 rings (SSSR count). The van der Waals surface area contributed by atoms with Gasteiger partial charge in [0, 0.05) is 18.8 Å². The van der Waals surface area contributed by atoms with Crippen molar-refractivity contribution in [2.45, 2.75) is 65.5 Å². The van der Waals surface area contributed by atoms with Crippen molar-refractivity contribution in [3.05, 3.63) is 46.1 Å². The number of aliphatic imine (C=N–C) groups is 1. The lowest BCUT2D eigenvalue weighted by atomic mass is 9.93. The van der Waals surface area contributed by atoms with Crippen LogP contribution in [0, 0.1) is 5.92 Å². The summed E-state index contributed by atoms with van der Waals surface area (Å²) in [5.74, 6) is -0.0833. The van der Waals surface area contributed by atoms with Crippen molar-refractivity contribution in [2.24, 2.45) is 10.9 Å². The lowest BCUT2D eigenvalue weighted by molar-refractivity contribution is -0.152. The van der Waals surface area contributed by atoms with E-state index in [0.29, 0.717) is 59.8 Å². The third-order valence-electron chi connectivity index (χ3n) is 7.07. The molecule has 3 aliphatic heterocycles. The molecule has 0 N–H and O–H groups in total. The molecule has 1 aromatic rings. The first-order chi connectivity index (χ1) is 19.5. The van der Waals surface area contributed by atoms with Crippen LogP contribution in [0.5, 0.6) is 11.5 Å². The lowest BCUT2D eigenvalue weighted by Gasteiger charge is -2.38. The molecule has 11 heteroatoms. The van der Waals surface area contributed by atoms with E-state index in [9.17, 15) is 14.4 Å². The molecular formula is C30H39N3O7S. The molecule has 10 nitrogen and oxygen atoms in total. The standard InChI is InChI=1S/C30H39N3O7S/c1-8-39-27(35)20-10-9-13-32(16-20)24(34)15-21-17-41-29-31-18(2)25(28(36)40-30(3,4)5)26(33(21)29)19-11-12-22(37-6)23(14-19)38-7/h11-12,14,17,20,26H,8-10,13,15-16H2,1-7H3/t20-,26-/m1/s1. The Hall–Kier alpha value is -3.47. The lowest BCUT2D eigenvalue weighted by Crippen LogP contribution is -2.44. The Bertz CT molecular complexity index is 1300. The van der Waals surface area contributed by atoms with Crippen LogP contribution in [0.1, 0.15) is 65.5 Å². The van der Waals surface area contributed by atoms with Gasteiger partial charge in [-0.3, -0.25) is 9.59 Å². The summed E-state index contributed by atoms with van der Waals surface area (Å²) in [6.07, 6.45) is 1.53. The van der Waals surface area contributed by atoms with Crippen LogP contribution in [0.4, 0.5) is 0 Å². The number of benzene rings is 1. The van der Waals surface area contributed by atoms with Crippen LogP contribution < -0.4 is 9.47 Å². The Morgan fingerprint density at radius 3 is 2.51 bits per heavy atom. The summed E-state index contributed by atoms with van der Waals surface area (Å²) in [5.41, 5.74) is 1.69. The molecule has 1 saturated heterocycles. The fraction of sp³-hybridized carbons (Fsp3) is 0.533. The predicted molar refractivity (Wildman–Crippen MR) is 156 cm³/mol. The molecule has 2 atom stereocenters. The Kier molecular flexibility index (Phi) is 9.36. The molecular weight excluding hydrogens is 546 g/mol. The average Bonchev–Trinajstić information content (AvgIpc) is 3.32. The highest BCUT2D eigenvalue weighted by Crippen LogP contribution is 2.46. The molecule has 3 heterocycles. The predicted octanol–water partition coefficient (Wildman–Crippen LogP) is 4.81. The summed E-state index contributed by atoms with van der Waals surface area (Å²) < 4.78 is 22.0. The van der Waals surface area contributed by atoms with E-state index >= 15 is 0 Å². The van der Waals surface area contributed by atoms with Gasteiger partial charge in [0.05, 0.1) is 50.5 Å². The van der Waals surface area contributed by atoms with Gasteiger partial charge in [-0.15, -0.1) is 0 Å².